The number of aromatic nitrogens is 4. The monoisotopic (exact) mass is 226 g/mol. The fourth-order valence-electron chi connectivity index (χ4n) is 1.79. The Kier molecular flexibility index (Phi) is 2.04. The van der Waals surface area contributed by atoms with Crippen molar-refractivity contribution in [3.05, 3.63) is 48.8 Å². The number of carbonyl (C=O) groups is 1. The van der Waals surface area contributed by atoms with Crippen LogP contribution in [0.3, 0.4) is 0 Å². The normalized spacial score (nSPS) is 10.9. The second-order valence-electron chi connectivity index (χ2n) is 3.83. The fourth-order valence-corrected chi connectivity index (χ4v) is 1.79. The standard InChI is InChI=1S/C12H10N4O/c1-15-8-14-10-3-2-9(6-11(10)15)12(17)16-5-4-13-7-16/h2-8H,1H3. The van der Waals surface area contributed by atoms with E-state index in [1.165, 1.54) is 10.9 Å². The highest BCUT2D eigenvalue weighted by Crippen LogP contribution is 2.14. The summed E-state index contributed by atoms with van der Waals surface area (Å²) in [6.07, 6.45) is 6.45. The average Bonchev–Trinajstić information content (AvgIpc) is 2.98. The SMILES string of the molecule is Cn1cnc2ccc(C(=O)n3ccnc3)cc21. The van der Waals surface area contributed by atoms with Crippen molar-refractivity contribution >= 4 is 16.9 Å². The molecule has 5 heteroatoms. The number of hydrogen-bond donors (Lipinski definition) is 0. The Hall–Kier alpha value is -2.43. The van der Waals surface area contributed by atoms with E-state index in [1.54, 1.807) is 24.8 Å². The van der Waals surface area contributed by atoms with Gasteiger partial charge < -0.3 is 4.57 Å². The maximum absolute atomic E-state index is 12.1. The van der Waals surface area contributed by atoms with Crippen molar-refractivity contribution in [2.24, 2.45) is 7.05 Å². The molecule has 3 aromatic rings. The lowest BCUT2D eigenvalue weighted by Gasteiger charge is -2.02. The van der Waals surface area contributed by atoms with Crippen LogP contribution in [0, 0.1) is 0 Å². The zero-order valence-electron chi connectivity index (χ0n) is 9.24. The molecule has 0 saturated heterocycles. The lowest BCUT2D eigenvalue weighted by molar-refractivity contribution is 0.0960. The molecule has 0 saturated carbocycles. The number of benzene rings is 1. The molecule has 3 rings (SSSR count). The molecule has 0 amide bonds. The Morgan fingerprint density at radius 2 is 2.18 bits per heavy atom. The molecule has 0 aliphatic rings. The van der Waals surface area contributed by atoms with Gasteiger partial charge in [-0.15, -0.1) is 0 Å². The van der Waals surface area contributed by atoms with Crippen LogP contribution in [0.5, 0.6) is 0 Å². The van der Waals surface area contributed by atoms with Gasteiger partial charge in [-0.2, -0.15) is 0 Å². The van der Waals surface area contributed by atoms with E-state index in [4.69, 9.17) is 0 Å². The van der Waals surface area contributed by atoms with Crippen molar-refractivity contribution in [2.45, 2.75) is 0 Å². The Morgan fingerprint density at radius 3 is 2.94 bits per heavy atom. The number of imidazole rings is 2. The van der Waals surface area contributed by atoms with Crippen LogP contribution in [0.15, 0.2) is 43.2 Å². The minimum absolute atomic E-state index is 0.0920. The van der Waals surface area contributed by atoms with Crippen molar-refractivity contribution in [3.63, 3.8) is 0 Å². The number of nitrogens with zero attached hydrogens (tertiary/aromatic N) is 4. The van der Waals surface area contributed by atoms with E-state index in [9.17, 15) is 4.79 Å². The van der Waals surface area contributed by atoms with Crippen molar-refractivity contribution < 1.29 is 4.79 Å². The van der Waals surface area contributed by atoms with Crippen LogP contribution in [0.25, 0.3) is 11.0 Å². The zero-order valence-corrected chi connectivity index (χ0v) is 9.24. The number of fused-ring (bicyclic) bond motifs is 1. The van der Waals surface area contributed by atoms with Crippen molar-refractivity contribution in [1.82, 2.24) is 19.1 Å². The van der Waals surface area contributed by atoms with E-state index in [-0.39, 0.29) is 5.91 Å². The maximum Gasteiger partial charge on any atom is 0.263 e. The third kappa shape index (κ3) is 1.52. The number of hydrogen-bond acceptors (Lipinski definition) is 3. The summed E-state index contributed by atoms with van der Waals surface area (Å²) in [5.74, 6) is -0.0920. The molecule has 17 heavy (non-hydrogen) atoms. The molecule has 0 aliphatic carbocycles. The quantitative estimate of drug-likeness (QED) is 0.631. The van der Waals surface area contributed by atoms with Gasteiger partial charge in [0.15, 0.2) is 0 Å². The van der Waals surface area contributed by atoms with E-state index in [2.05, 4.69) is 9.97 Å². The first-order valence-electron chi connectivity index (χ1n) is 5.19. The van der Waals surface area contributed by atoms with Crippen LogP contribution in [0.1, 0.15) is 10.4 Å². The minimum atomic E-state index is -0.0920. The van der Waals surface area contributed by atoms with E-state index < -0.39 is 0 Å². The molecule has 5 nitrogen and oxygen atoms in total. The van der Waals surface area contributed by atoms with Crippen LogP contribution in [0.4, 0.5) is 0 Å². The van der Waals surface area contributed by atoms with Gasteiger partial charge >= 0.3 is 0 Å². The van der Waals surface area contributed by atoms with Crippen LogP contribution in [-0.2, 0) is 7.05 Å². The predicted octanol–water partition coefficient (Wildman–Crippen LogP) is 1.46. The summed E-state index contributed by atoms with van der Waals surface area (Å²) >= 11 is 0. The van der Waals surface area contributed by atoms with E-state index in [0.29, 0.717) is 5.56 Å². The van der Waals surface area contributed by atoms with E-state index in [1.807, 2.05) is 23.7 Å². The summed E-state index contributed by atoms with van der Waals surface area (Å²) in [6, 6.07) is 5.46. The number of rotatable bonds is 1. The predicted molar refractivity (Wildman–Crippen MR) is 62.7 cm³/mol. The van der Waals surface area contributed by atoms with Gasteiger partial charge in [0.1, 0.15) is 6.33 Å². The Balaban J connectivity index is 2.12. The van der Waals surface area contributed by atoms with Crippen LogP contribution >= 0.6 is 0 Å². The summed E-state index contributed by atoms with van der Waals surface area (Å²) in [4.78, 5) is 20.2. The first kappa shape index (κ1) is 9.77. The Morgan fingerprint density at radius 1 is 1.29 bits per heavy atom. The van der Waals surface area contributed by atoms with Gasteiger partial charge in [-0.05, 0) is 18.2 Å². The highest BCUT2D eigenvalue weighted by Gasteiger charge is 2.09. The van der Waals surface area contributed by atoms with Crippen LogP contribution < -0.4 is 0 Å². The molecule has 0 bridgehead atoms. The molecule has 84 valence electrons. The summed E-state index contributed by atoms with van der Waals surface area (Å²) < 4.78 is 3.34. The lowest BCUT2D eigenvalue weighted by Crippen LogP contribution is -2.09. The fraction of sp³-hybridized carbons (Fsp3) is 0.0833. The molecule has 0 atom stereocenters. The Labute approximate surface area is 97.3 Å². The van der Waals surface area contributed by atoms with Gasteiger partial charge in [0, 0.05) is 25.0 Å². The number of aryl methyl sites for hydroxylation is 1. The van der Waals surface area contributed by atoms with Crippen molar-refractivity contribution in [2.75, 3.05) is 0 Å². The average molecular weight is 226 g/mol. The summed E-state index contributed by atoms with van der Waals surface area (Å²) in [5, 5.41) is 0. The van der Waals surface area contributed by atoms with E-state index in [0.717, 1.165) is 11.0 Å². The van der Waals surface area contributed by atoms with Gasteiger partial charge in [0.2, 0.25) is 0 Å². The molecule has 0 unspecified atom stereocenters. The zero-order chi connectivity index (χ0) is 11.8. The summed E-state index contributed by atoms with van der Waals surface area (Å²) in [5.41, 5.74) is 2.45. The summed E-state index contributed by atoms with van der Waals surface area (Å²) in [7, 11) is 1.90. The van der Waals surface area contributed by atoms with E-state index >= 15 is 0 Å². The smallest absolute Gasteiger partial charge is 0.263 e. The second-order valence-corrected chi connectivity index (χ2v) is 3.83. The topological polar surface area (TPSA) is 52.7 Å². The van der Waals surface area contributed by atoms with Gasteiger partial charge in [-0.3, -0.25) is 9.36 Å². The highest BCUT2D eigenvalue weighted by molar-refractivity contribution is 5.98. The van der Waals surface area contributed by atoms with Crippen molar-refractivity contribution in [3.8, 4) is 0 Å². The highest BCUT2D eigenvalue weighted by atomic mass is 16.2. The molecule has 2 heterocycles. The van der Waals surface area contributed by atoms with Gasteiger partial charge in [-0.1, -0.05) is 0 Å². The molecule has 0 fully saturated rings. The molecule has 0 aliphatic heterocycles. The van der Waals surface area contributed by atoms with Crippen LogP contribution in [-0.4, -0.2) is 25.0 Å². The Bertz CT molecular complexity index is 682. The molecule has 0 radical (unpaired) electrons. The molecule has 0 spiro atoms. The first-order valence-corrected chi connectivity index (χ1v) is 5.19. The van der Waals surface area contributed by atoms with Gasteiger partial charge in [0.05, 0.1) is 17.4 Å². The van der Waals surface area contributed by atoms with Gasteiger partial charge in [0.25, 0.3) is 5.91 Å². The van der Waals surface area contributed by atoms with Crippen molar-refractivity contribution in [1.29, 1.82) is 0 Å². The molecule has 1 aromatic carbocycles. The first-order chi connectivity index (χ1) is 8.25. The lowest BCUT2D eigenvalue weighted by atomic mass is 10.2. The minimum Gasteiger partial charge on any atom is -0.334 e. The molecular weight excluding hydrogens is 216 g/mol. The summed E-state index contributed by atoms with van der Waals surface area (Å²) in [6.45, 7) is 0. The van der Waals surface area contributed by atoms with Crippen LogP contribution in [0.2, 0.25) is 0 Å². The number of carbonyl (C=O) groups excluding carboxylic acids is 1. The molecular formula is C12H10N4O. The second kappa shape index (κ2) is 3.55. The molecule has 0 N–H and O–H groups in total. The maximum atomic E-state index is 12.1. The van der Waals surface area contributed by atoms with Gasteiger partial charge in [-0.25, -0.2) is 9.97 Å². The largest absolute Gasteiger partial charge is 0.334 e. The third-order valence-electron chi connectivity index (χ3n) is 2.71. The third-order valence-corrected chi connectivity index (χ3v) is 2.71. The molecule has 2 aromatic heterocycles.